The Labute approximate surface area is 112 Å². The van der Waals surface area contributed by atoms with Gasteiger partial charge in [-0.3, -0.25) is 9.78 Å². The van der Waals surface area contributed by atoms with Crippen LogP contribution in [0.25, 0.3) is 0 Å². The van der Waals surface area contributed by atoms with E-state index in [1.54, 1.807) is 6.07 Å². The average molecular weight is 281 g/mol. The van der Waals surface area contributed by atoms with Crippen LogP contribution in [0, 0.1) is 17.5 Å². The van der Waals surface area contributed by atoms with E-state index in [4.69, 9.17) is 5.73 Å². The molecule has 0 saturated heterocycles. The summed E-state index contributed by atoms with van der Waals surface area (Å²) in [7, 11) is 0. The second-order valence-corrected chi connectivity index (χ2v) is 4.05. The Morgan fingerprint density at radius 1 is 1.15 bits per heavy atom. The Balaban J connectivity index is 2.08. The maximum absolute atomic E-state index is 13.3. The SMILES string of the molecule is Nc1ccc(CC(=O)Nc2cc(F)c(F)cc2F)nc1. The number of hydrogen-bond acceptors (Lipinski definition) is 3. The van der Waals surface area contributed by atoms with Crippen LogP contribution in [-0.2, 0) is 11.2 Å². The van der Waals surface area contributed by atoms with Crippen molar-refractivity contribution in [1.29, 1.82) is 0 Å². The molecular formula is C13H10F3N3O. The number of anilines is 2. The Morgan fingerprint density at radius 2 is 1.85 bits per heavy atom. The molecule has 1 amide bonds. The molecule has 0 unspecified atom stereocenters. The number of carbonyl (C=O) groups is 1. The lowest BCUT2D eigenvalue weighted by molar-refractivity contribution is -0.115. The summed E-state index contributed by atoms with van der Waals surface area (Å²) in [6.07, 6.45) is 1.24. The van der Waals surface area contributed by atoms with Crippen molar-refractivity contribution in [3.63, 3.8) is 0 Å². The van der Waals surface area contributed by atoms with Gasteiger partial charge in [0.25, 0.3) is 0 Å². The molecule has 0 aliphatic heterocycles. The normalized spacial score (nSPS) is 10.3. The summed E-state index contributed by atoms with van der Waals surface area (Å²) in [5.74, 6) is -4.22. The number of benzene rings is 1. The number of nitrogen functional groups attached to an aromatic ring is 1. The van der Waals surface area contributed by atoms with Gasteiger partial charge in [-0.15, -0.1) is 0 Å². The van der Waals surface area contributed by atoms with Crippen molar-refractivity contribution >= 4 is 17.3 Å². The summed E-state index contributed by atoms with van der Waals surface area (Å²) in [4.78, 5) is 15.6. The lowest BCUT2D eigenvalue weighted by atomic mass is 10.2. The van der Waals surface area contributed by atoms with Gasteiger partial charge in [0.05, 0.1) is 24.0 Å². The molecular weight excluding hydrogens is 271 g/mol. The van der Waals surface area contributed by atoms with E-state index in [2.05, 4.69) is 10.3 Å². The van der Waals surface area contributed by atoms with Gasteiger partial charge in [-0.25, -0.2) is 13.2 Å². The molecule has 0 bridgehead atoms. The van der Waals surface area contributed by atoms with Crippen molar-refractivity contribution in [2.45, 2.75) is 6.42 Å². The minimum Gasteiger partial charge on any atom is -0.397 e. The predicted octanol–water partition coefficient (Wildman–Crippen LogP) is 2.26. The Kier molecular flexibility index (Phi) is 3.88. The third-order valence-electron chi connectivity index (χ3n) is 2.47. The number of nitrogens with zero attached hydrogens (tertiary/aromatic N) is 1. The minimum absolute atomic E-state index is 0.140. The third kappa shape index (κ3) is 3.25. The fourth-order valence-electron chi connectivity index (χ4n) is 1.52. The zero-order valence-electron chi connectivity index (χ0n) is 10.2. The van der Waals surface area contributed by atoms with Gasteiger partial charge in [0.1, 0.15) is 5.82 Å². The molecule has 0 aliphatic rings. The lowest BCUT2D eigenvalue weighted by Gasteiger charge is -2.07. The Bertz CT molecular complexity index is 644. The summed E-state index contributed by atoms with van der Waals surface area (Å²) in [5.41, 5.74) is 5.88. The average Bonchev–Trinajstić information content (AvgIpc) is 2.39. The van der Waals surface area contributed by atoms with Crippen molar-refractivity contribution in [3.8, 4) is 0 Å². The molecule has 3 N–H and O–H groups in total. The molecule has 0 fully saturated rings. The molecule has 1 aromatic carbocycles. The highest BCUT2D eigenvalue weighted by Gasteiger charge is 2.12. The van der Waals surface area contributed by atoms with E-state index in [-0.39, 0.29) is 6.42 Å². The molecule has 4 nitrogen and oxygen atoms in total. The van der Waals surface area contributed by atoms with E-state index in [1.165, 1.54) is 12.3 Å². The van der Waals surface area contributed by atoms with Gasteiger partial charge in [0.15, 0.2) is 11.6 Å². The molecule has 2 aromatic rings. The molecule has 0 saturated carbocycles. The van der Waals surface area contributed by atoms with Crippen LogP contribution in [-0.4, -0.2) is 10.9 Å². The maximum Gasteiger partial charge on any atom is 0.230 e. The third-order valence-corrected chi connectivity index (χ3v) is 2.47. The fourth-order valence-corrected chi connectivity index (χ4v) is 1.52. The van der Waals surface area contributed by atoms with E-state index in [1.807, 2.05) is 0 Å². The Hall–Kier alpha value is -2.57. The van der Waals surface area contributed by atoms with Crippen LogP contribution in [0.15, 0.2) is 30.5 Å². The first-order chi connectivity index (χ1) is 9.45. The van der Waals surface area contributed by atoms with Crippen LogP contribution in [0.4, 0.5) is 24.5 Å². The van der Waals surface area contributed by atoms with E-state index < -0.39 is 29.0 Å². The zero-order chi connectivity index (χ0) is 14.7. The van der Waals surface area contributed by atoms with Crippen LogP contribution in [0.2, 0.25) is 0 Å². The molecule has 1 aromatic heterocycles. The molecule has 0 spiro atoms. The molecule has 1 heterocycles. The molecule has 104 valence electrons. The van der Waals surface area contributed by atoms with Crippen LogP contribution in [0.1, 0.15) is 5.69 Å². The van der Waals surface area contributed by atoms with Crippen LogP contribution >= 0.6 is 0 Å². The molecule has 0 radical (unpaired) electrons. The van der Waals surface area contributed by atoms with Gasteiger partial charge in [-0.05, 0) is 12.1 Å². The van der Waals surface area contributed by atoms with E-state index >= 15 is 0 Å². The predicted molar refractivity (Wildman–Crippen MR) is 67.3 cm³/mol. The topological polar surface area (TPSA) is 68.0 Å². The van der Waals surface area contributed by atoms with Crippen molar-refractivity contribution in [2.75, 3.05) is 11.1 Å². The van der Waals surface area contributed by atoms with Gasteiger partial charge in [-0.1, -0.05) is 0 Å². The van der Waals surface area contributed by atoms with Gasteiger partial charge < -0.3 is 11.1 Å². The number of halogens is 3. The van der Waals surface area contributed by atoms with E-state index in [0.29, 0.717) is 23.5 Å². The van der Waals surface area contributed by atoms with Crippen LogP contribution < -0.4 is 11.1 Å². The van der Waals surface area contributed by atoms with Gasteiger partial charge in [-0.2, -0.15) is 0 Å². The molecule has 7 heteroatoms. The van der Waals surface area contributed by atoms with Crippen LogP contribution in [0.5, 0.6) is 0 Å². The number of nitrogens with two attached hydrogens (primary N) is 1. The van der Waals surface area contributed by atoms with Crippen LogP contribution in [0.3, 0.4) is 0 Å². The van der Waals surface area contributed by atoms with Crippen molar-refractivity contribution in [1.82, 2.24) is 4.98 Å². The quantitative estimate of drug-likeness (QED) is 0.848. The van der Waals surface area contributed by atoms with E-state index in [9.17, 15) is 18.0 Å². The standard InChI is InChI=1S/C13H10F3N3O/c14-9-4-11(16)12(5-10(9)15)19-13(20)3-8-2-1-7(17)6-18-8/h1-2,4-6H,3,17H2,(H,19,20). The molecule has 20 heavy (non-hydrogen) atoms. The maximum atomic E-state index is 13.3. The summed E-state index contributed by atoms with van der Waals surface area (Å²) in [6, 6.07) is 4.05. The minimum atomic E-state index is -1.32. The number of amides is 1. The number of hydrogen-bond donors (Lipinski definition) is 2. The first kappa shape index (κ1) is 13.9. The van der Waals surface area contributed by atoms with Gasteiger partial charge in [0.2, 0.25) is 5.91 Å². The summed E-state index contributed by atoms with van der Waals surface area (Å²) in [5, 5.41) is 2.15. The summed E-state index contributed by atoms with van der Waals surface area (Å²) < 4.78 is 39.0. The summed E-state index contributed by atoms with van der Waals surface area (Å²) in [6.45, 7) is 0. The fraction of sp³-hybridized carbons (Fsp3) is 0.0769. The first-order valence-corrected chi connectivity index (χ1v) is 5.60. The highest BCUT2D eigenvalue weighted by atomic mass is 19.2. The molecule has 0 aliphatic carbocycles. The zero-order valence-corrected chi connectivity index (χ0v) is 10.2. The number of pyridine rings is 1. The molecule has 0 atom stereocenters. The molecule has 2 rings (SSSR count). The lowest BCUT2D eigenvalue weighted by Crippen LogP contribution is -2.16. The Morgan fingerprint density at radius 3 is 2.50 bits per heavy atom. The van der Waals surface area contributed by atoms with Gasteiger partial charge >= 0.3 is 0 Å². The monoisotopic (exact) mass is 281 g/mol. The second kappa shape index (κ2) is 5.60. The highest BCUT2D eigenvalue weighted by Crippen LogP contribution is 2.18. The van der Waals surface area contributed by atoms with E-state index in [0.717, 1.165) is 0 Å². The number of rotatable bonds is 3. The van der Waals surface area contributed by atoms with Crippen molar-refractivity contribution in [3.05, 3.63) is 53.6 Å². The van der Waals surface area contributed by atoms with Crippen molar-refractivity contribution in [2.24, 2.45) is 0 Å². The first-order valence-electron chi connectivity index (χ1n) is 5.60. The number of carbonyl (C=O) groups excluding carboxylic acids is 1. The largest absolute Gasteiger partial charge is 0.397 e. The van der Waals surface area contributed by atoms with Gasteiger partial charge in [0, 0.05) is 17.8 Å². The van der Waals surface area contributed by atoms with Crippen molar-refractivity contribution < 1.29 is 18.0 Å². The summed E-state index contributed by atoms with van der Waals surface area (Å²) >= 11 is 0. The highest BCUT2D eigenvalue weighted by molar-refractivity contribution is 5.92. The number of nitrogens with one attached hydrogen (secondary N) is 1. The smallest absolute Gasteiger partial charge is 0.230 e. The second-order valence-electron chi connectivity index (χ2n) is 4.05. The number of aromatic nitrogens is 1.